The van der Waals surface area contributed by atoms with Crippen molar-refractivity contribution in [2.75, 3.05) is 6.61 Å². The smallest absolute Gasteiger partial charge is 0.220 e. The fourth-order valence-electron chi connectivity index (χ4n) is 4.35. The quantitative estimate of drug-likeness (QED) is 0.0750. The van der Waals surface area contributed by atoms with Crippen LogP contribution in [0.25, 0.3) is 0 Å². The van der Waals surface area contributed by atoms with Gasteiger partial charge in [-0.05, 0) is 51.4 Å². The molecule has 0 aliphatic heterocycles. The zero-order valence-electron chi connectivity index (χ0n) is 24.5. The molecule has 0 aliphatic rings. The summed E-state index contributed by atoms with van der Waals surface area (Å²) in [4.78, 5) is 12.2. The van der Waals surface area contributed by atoms with E-state index in [-0.39, 0.29) is 12.5 Å². The van der Waals surface area contributed by atoms with E-state index in [1.807, 2.05) is 6.08 Å². The van der Waals surface area contributed by atoms with Gasteiger partial charge in [0.2, 0.25) is 5.91 Å². The third-order valence-corrected chi connectivity index (χ3v) is 6.85. The zero-order valence-corrected chi connectivity index (χ0v) is 24.5. The van der Waals surface area contributed by atoms with Gasteiger partial charge in [0.1, 0.15) is 0 Å². The van der Waals surface area contributed by atoms with Crippen molar-refractivity contribution in [3.63, 3.8) is 0 Å². The molecule has 2 atom stereocenters. The predicted molar refractivity (Wildman–Crippen MR) is 161 cm³/mol. The normalized spacial score (nSPS) is 13.7. The minimum Gasteiger partial charge on any atom is -0.394 e. The largest absolute Gasteiger partial charge is 0.394 e. The highest BCUT2D eigenvalue weighted by atomic mass is 16.3. The molecule has 0 saturated carbocycles. The van der Waals surface area contributed by atoms with Crippen LogP contribution in [0.5, 0.6) is 0 Å². The SMILES string of the molecule is CCCC/C=C\CCCCCCC(=O)NC(CO)C(O)/C=C/CC/C=C/CCCCCCCCCCC. The Morgan fingerprint density at radius 1 is 0.622 bits per heavy atom. The number of amides is 1. The molecule has 0 aromatic rings. The molecule has 0 aromatic heterocycles. The van der Waals surface area contributed by atoms with E-state index in [4.69, 9.17) is 0 Å². The van der Waals surface area contributed by atoms with Crippen molar-refractivity contribution < 1.29 is 15.0 Å². The van der Waals surface area contributed by atoms with Gasteiger partial charge in [-0.25, -0.2) is 0 Å². The average molecular weight is 520 g/mol. The van der Waals surface area contributed by atoms with Crippen molar-refractivity contribution in [3.8, 4) is 0 Å². The van der Waals surface area contributed by atoms with Crippen LogP contribution < -0.4 is 5.32 Å². The number of aliphatic hydroxyl groups excluding tert-OH is 2. The first-order chi connectivity index (χ1) is 18.2. The molecule has 4 nitrogen and oxygen atoms in total. The van der Waals surface area contributed by atoms with Crippen molar-refractivity contribution in [2.45, 2.75) is 161 Å². The summed E-state index contributed by atoms with van der Waals surface area (Å²) in [7, 11) is 0. The summed E-state index contributed by atoms with van der Waals surface area (Å²) in [6.07, 6.45) is 36.5. The third-order valence-electron chi connectivity index (χ3n) is 6.85. The van der Waals surface area contributed by atoms with E-state index in [1.54, 1.807) is 6.08 Å². The number of allylic oxidation sites excluding steroid dienone is 5. The van der Waals surface area contributed by atoms with Crippen LogP contribution in [0.3, 0.4) is 0 Å². The highest BCUT2D eigenvalue weighted by Crippen LogP contribution is 2.11. The van der Waals surface area contributed by atoms with Crippen LogP contribution in [-0.4, -0.2) is 34.9 Å². The Morgan fingerprint density at radius 2 is 1.08 bits per heavy atom. The Morgan fingerprint density at radius 3 is 1.65 bits per heavy atom. The Labute approximate surface area is 230 Å². The first-order valence-corrected chi connectivity index (χ1v) is 15.7. The van der Waals surface area contributed by atoms with E-state index in [0.29, 0.717) is 6.42 Å². The van der Waals surface area contributed by atoms with Gasteiger partial charge in [-0.15, -0.1) is 0 Å². The highest BCUT2D eigenvalue weighted by Gasteiger charge is 2.17. The van der Waals surface area contributed by atoms with Gasteiger partial charge in [-0.2, -0.15) is 0 Å². The molecule has 1 amide bonds. The Hall–Kier alpha value is -1.39. The van der Waals surface area contributed by atoms with Crippen LogP contribution in [0.2, 0.25) is 0 Å². The summed E-state index contributed by atoms with van der Waals surface area (Å²) in [6.45, 7) is 4.21. The summed E-state index contributed by atoms with van der Waals surface area (Å²) in [5.41, 5.74) is 0. The number of rotatable bonds is 27. The fraction of sp³-hybridized carbons (Fsp3) is 0.788. The van der Waals surface area contributed by atoms with E-state index in [1.165, 1.54) is 83.5 Å². The minimum absolute atomic E-state index is 0.0922. The second-order valence-electron chi connectivity index (χ2n) is 10.5. The number of aliphatic hydroxyl groups is 2. The lowest BCUT2D eigenvalue weighted by molar-refractivity contribution is -0.123. The summed E-state index contributed by atoms with van der Waals surface area (Å²) < 4.78 is 0. The monoisotopic (exact) mass is 519 g/mol. The van der Waals surface area contributed by atoms with Crippen molar-refractivity contribution >= 4 is 5.91 Å². The van der Waals surface area contributed by atoms with Crippen LogP contribution in [-0.2, 0) is 4.79 Å². The summed E-state index contributed by atoms with van der Waals surface area (Å²) in [5.74, 6) is -0.0922. The maximum Gasteiger partial charge on any atom is 0.220 e. The molecule has 0 saturated heterocycles. The first-order valence-electron chi connectivity index (χ1n) is 15.7. The molecule has 0 radical (unpaired) electrons. The minimum atomic E-state index is -0.862. The standard InChI is InChI=1S/C33H61NO3/c1-3-5-7-9-11-13-15-16-17-18-19-20-22-24-26-28-32(36)31(30-35)34-33(37)29-27-25-23-21-14-12-10-8-6-4-2/h10,12,19-20,26,28,31-32,35-36H,3-9,11,13-18,21-25,27,29-30H2,1-2H3,(H,34,37)/b12-10-,20-19+,28-26+. The molecule has 0 bridgehead atoms. The van der Waals surface area contributed by atoms with Crippen LogP contribution in [0.15, 0.2) is 36.5 Å². The van der Waals surface area contributed by atoms with Gasteiger partial charge in [-0.1, -0.05) is 127 Å². The number of carbonyl (C=O) groups is 1. The molecular weight excluding hydrogens is 458 g/mol. The predicted octanol–water partition coefficient (Wildman–Crippen LogP) is 8.72. The fourth-order valence-corrected chi connectivity index (χ4v) is 4.35. The summed E-state index contributed by atoms with van der Waals surface area (Å²) >= 11 is 0. The number of hydrogen-bond acceptors (Lipinski definition) is 3. The van der Waals surface area contributed by atoms with Gasteiger partial charge >= 0.3 is 0 Å². The van der Waals surface area contributed by atoms with Gasteiger partial charge in [0.05, 0.1) is 18.8 Å². The molecule has 0 spiro atoms. The lowest BCUT2D eigenvalue weighted by Crippen LogP contribution is -2.45. The van der Waals surface area contributed by atoms with E-state index in [2.05, 4.69) is 43.5 Å². The Kier molecular flexibility index (Phi) is 28.1. The number of unbranched alkanes of at least 4 members (excludes halogenated alkanes) is 16. The first kappa shape index (κ1) is 35.6. The van der Waals surface area contributed by atoms with Crippen molar-refractivity contribution in [1.29, 1.82) is 0 Å². The van der Waals surface area contributed by atoms with Crippen LogP contribution in [0, 0.1) is 0 Å². The highest BCUT2D eigenvalue weighted by molar-refractivity contribution is 5.76. The van der Waals surface area contributed by atoms with E-state index < -0.39 is 12.1 Å². The topological polar surface area (TPSA) is 69.6 Å². The Bertz CT molecular complexity index is 570. The van der Waals surface area contributed by atoms with Crippen molar-refractivity contribution in [1.82, 2.24) is 5.32 Å². The molecule has 216 valence electrons. The second kappa shape index (κ2) is 29.2. The molecule has 0 aromatic carbocycles. The molecule has 4 heteroatoms. The van der Waals surface area contributed by atoms with Crippen molar-refractivity contribution in [3.05, 3.63) is 36.5 Å². The van der Waals surface area contributed by atoms with Crippen LogP contribution >= 0.6 is 0 Å². The number of nitrogens with one attached hydrogen (secondary N) is 1. The van der Waals surface area contributed by atoms with Gasteiger partial charge in [0.25, 0.3) is 0 Å². The number of carbonyl (C=O) groups excluding carboxylic acids is 1. The van der Waals surface area contributed by atoms with Gasteiger partial charge in [0, 0.05) is 6.42 Å². The van der Waals surface area contributed by atoms with Gasteiger partial charge in [-0.3, -0.25) is 4.79 Å². The van der Waals surface area contributed by atoms with Gasteiger partial charge < -0.3 is 15.5 Å². The lowest BCUT2D eigenvalue weighted by Gasteiger charge is -2.19. The second-order valence-corrected chi connectivity index (χ2v) is 10.5. The Balaban J connectivity index is 3.76. The average Bonchev–Trinajstić information content (AvgIpc) is 2.90. The van der Waals surface area contributed by atoms with Crippen molar-refractivity contribution in [2.24, 2.45) is 0 Å². The van der Waals surface area contributed by atoms with E-state index in [9.17, 15) is 15.0 Å². The third kappa shape index (κ3) is 26.0. The van der Waals surface area contributed by atoms with Crippen LogP contribution in [0.4, 0.5) is 0 Å². The van der Waals surface area contributed by atoms with E-state index >= 15 is 0 Å². The molecule has 3 N–H and O–H groups in total. The molecule has 2 unspecified atom stereocenters. The summed E-state index contributed by atoms with van der Waals surface area (Å²) in [5, 5.41) is 22.7. The zero-order chi connectivity index (χ0) is 27.2. The molecule has 0 fully saturated rings. The molecule has 0 aliphatic carbocycles. The van der Waals surface area contributed by atoms with E-state index in [0.717, 1.165) is 44.9 Å². The molecule has 0 rings (SSSR count). The maximum absolute atomic E-state index is 12.2. The summed E-state index contributed by atoms with van der Waals surface area (Å²) in [6, 6.07) is -0.640. The maximum atomic E-state index is 12.2. The number of hydrogen-bond donors (Lipinski definition) is 3. The molecule has 37 heavy (non-hydrogen) atoms. The lowest BCUT2D eigenvalue weighted by atomic mass is 10.1. The molecule has 0 heterocycles. The van der Waals surface area contributed by atoms with Crippen LogP contribution in [0.1, 0.15) is 149 Å². The molecular formula is C33H61NO3. The van der Waals surface area contributed by atoms with Gasteiger partial charge in [0.15, 0.2) is 0 Å².